The molecule has 1 aliphatic heterocycles. The van der Waals surface area contributed by atoms with Crippen LogP contribution < -0.4 is 5.32 Å². The Labute approximate surface area is 116 Å². The zero-order valence-electron chi connectivity index (χ0n) is 9.42. The van der Waals surface area contributed by atoms with Crippen LogP contribution in [0.3, 0.4) is 0 Å². The molecular formula is C12H11BrF2N2S. The van der Waals surface area contributed by atoms with Crippen LogP contribution in [0.5, 0.6) is 0 Å². The Balaban J connectivity index is 1.71. The van der Waals surface area contributed by atoms with Crippen LogP contribution in [0, 0.1) is 17.6 Å². The summed E-state index contributed by atoms with van der Waals surface area (Å²) in [6.07, 6.45) is 2.55. The number of aliphatic imine (C=N–C) groups is 1. The highest BCUT2D eigenvalue weighted by atomic mass is 79.9. The van der Waals surface area contributed by atoms with E-state index in [-0.39, 0.29) is 10.2 Å². The van der Waals surface area contributed by atoms with Gasteiger partial charge in [-0.2, -0.15) is 0 Å². The van der Waals surface area contributed by atoms with E-state index in [2.05, 4.69) is 26.2 Å². The van der Waals surface area contributed by atoms with Gasteiger partial charge in [0, 0.05) is 11.3 Å². The molecule has 1 aromatic carbocycles. The molecule has 2 aliphatic rings. The van der Waals surface area contributed by atoms with Crippen LogP contribution in [-0.4, -0.2) is 17.0 Å². The highest BCUT2D eigenvalue weighted by molar-refractivity contribution is 9.10. The van der Waals surface area contributed by atoms with Gasteiger partial charge in [0.25, 0.3) is 0 Å². The fraction of sp³-hybridized carbons (Fsp3) is 0.417. The molecule has 6 heteroatoms. The van der Waals surface area contributed by atoms with Gasteiger partial charge >= 0.3 is 0 Å². The van der Waals surface area contributed by atoms with Crippen molar-refractivity contribution in [2.75, 3.05) is 11.9 Å². The van der Waals surface area contributed by atoms with E-state index in [1.807, 2.05) is 0 Å². The van der Waals surface area contributed by atoms with E-state index in [0.29, 0.717) is 5.25 Å². The number of hydrogen-bond acceptors (Lipinski definition) is 3. The largest absolute Gasteiger partial charge is 0.333 e. The van der Waals surface area contributed by atoms with Gasteiger partial charge in [0.05, 0.1) is 16.7 Å². The van der Waals surface area contributed by atoms with Crippen LogP contribution in [0.1, 0.15) is 12.8 Å². The van der Waals surface area contributed by atoms with Gasteiger partial charge in [-0.15, -0.1) is 0 Å². The Morgan fingerprint density at radius 2 is 2.06 bits per heavy atom. The molecule has 2 nitrogen and oxygen atoms in total. The van der Waals surface area contributed by atoms with Gasteiger partial charge in [0.1, 0.15) is 11.6 Å². The minimum Gasteiger partial charge on any atom is -0.333 e. The topological polar surface area (TPSA) is 24.4 Å². The molecule has 0 aromatic heterocycles. The van der Waals surface area contributed by atoms with E-state index in [1.165, 1.54) is 18.9 Å². The van der Waals surface area contributed by atoms with Gasteiger partial charge in [-0.1, -0.05) is 11.8 Å². The number of halogens is 3. The monoisotopic (exact) mass is 332 g/mol. The third-order valence-corrected chi connectivity index (χ3v) is 4.98. The predicted octanol–water partition coefficient (Wildman–Crippen LogP) is 4.02. The lowest BCUT2D eigenvalue weighted by Crippen LogP contribution is -2.10. The molecule has 0 amide bonds. The lowest BCUT2D eigenvalue weighted by atomic mass is 10.3. The predicted molar refractivity (Wildman–Crippen MR) is 74.1 cm³/mol. The molecule has 0 bridgehead atoms. The van der Waals surface area contributed by atoms with Crippen LogP contribution in [0.25, 0.3) is 0 Å². The average Bonchev–Trinajstić information content (AvgIpc) is 3.07. The summed E-state index contributed by atoms with van der Waals surface area (Å²) in [4.78, 5) is 4.36. The molecular weight excluding hydrogens is 322 g/mol. The number of nitrogens with one attached hydrogen (secondary N) is 1. The van der Waals surface area contributed by atoms with Crippen molar-refractivity contribution in [3.05, 3.63) is 28.2 Å². The van der Waals surface area contributed by atoms with Crippen molar-refractivity contribution in [3.63, 3.8) is 0 Å². The molecule has 3 rings (SSSR count). The summed E-state index contributed by atoms with van der Waals surface area (Å²) in [7, 11) is 0. The molecule has 96 valence electrons. The molecule has 1 aliphatic carbocycles. The maximum Gasteiger partial charge on any atom is 0.161 e. The molecule has 0 saturated heterocycles. The fourth-order valence-corrected chi connectivity index (χ4v) is 3.47. The minimum absolute atomic E-state index is 0.244. The first kappa shape index (κ1) is 12.4. The third-order valence-electron chi connectivity index (χ3n) is 3.08. The SMILES string of the molecule is Fc1cc(F)c(NC2=NCC(C3CC3)S2)cc1Br. The average molecular weight is 333 g/mol. The Hall–Kier alpha value is -0.620. The van der Waals surface area contributed by atoms with E-state index >= 15 is 0 Å². The lowest BCUT2D eigenvalue weighted by Gasteiger charge is -2.09. The van der Waals surface area contributed by atoms with Gasteiger partial charge in [-0.3, -0.25) is 4.99 Å². The summed E-state index contributed by atoms with van der Waals surface area (Å²) in [6, 6.07) is 2.27. The van der Waals surface area contributed by atoms with Crippen LogP contribution >= 0.6 is 27.7 Å². The summed E-state index contributed by atoms with van der Waals surface area (Å²) in [6.45, 7) is 0.793. The third kappa shape index (κ3) is 2.54. The number of hydrogen-bond donors (Lipinski definition) is 1. The van der Waals surface area contributed by atoms with Gasteiger partial charge < -0.3 is 5.32 Å². The lowest BCUT2D eigenvalue weighted by molar-refractivity contribution is 0.582. The molecule has 1 atom stereocenters. The summed E-state index contributed by atoms with van der Waals surface area (Å²) in [5.74, 6) is -0.438. The molecule has 1 unspecified atom stereocenters. The van der Waals surface area contributed by atoms with E-state index in [9.17, 15) is 8.78 Å². The Bertz CT molecular complexity index is 517. The molecule has 1 saturated carbocycles. The highest BCUT2D eigenvalue weighted by Crippen LogP contribution is 2.42. The van der Waals surface area contributed by atoms with Crippen LogP contribution in [0.15, 0.2) is 21.6 Å². The van der Waals surface area contributed by atoms with Gasteiger partial charge in [0.15, 0.2) is 5.17 Å². The maximum absolute atomic E-state index is 13.6. The molecule has 18 heavy (non-hydrogen) atoms. The number of thioether (sulfide) groups is 1. The molecule has 1 fully saturated rings. The Morgan fingerprint density at radius 3 is 2.78 bits per heavy atom. The quantitative estimate of drug-likeness (QED) is 0.827. The maximum atomic E-state index is 13.6. The van der Waals surface area contributed by atoms with Crippen LogP contribution in [0.2, 0.25) is 0 Å². The molecule has 0 spiro atoms. The van der Waals surface area contributed by atoms with Crippen LogP contribution in [-0.2, 0) is 0 Å². The molecule has 1 aromatic rings. The number of benzene rings is 1. The van der Waals surface area contributed by atoms with Crippen molar-refractivity contribution in [1.82, 2.24) is 0 Å². The van der Waals surface area contributed by atoms with E-state index in [0.717, 1.165) is 23.7 Å². The minimum atomic E-state index is -0.603. The highest BCUT2D eigenvalue weighted by Gasteiger charge is 2.35. The summed E-state index contributed by atoms with van der Waals surface area (Å²) < 4.78 is 26.9. The second kappa shape index (κ2) is 4.81. The van der Waals surface area contributed by atoms with Crippen molar-refractivity contribution in [2.24, 2.45) is 10.9 Å². The van der Waals surface area contributed by atoms with Gasteiger partial charge in [0.2, 0.25) is 0 Å². The summed E-state index contributed by atoms with van der Waals surface area (Å²) in [5.41, 5.74) is 0.256. The molecule has 1 N–H and O–H groups in total. The normalized spacial score (nSPS) is 23.1. The van der Waals surface area contributed by atoms with Gasteiger partial charge in [-0.05, 0) is 40.8 Å². The van der Waals surface area contributed by atoms with E-state index < -0.39 is 11.6 Å². The van der Waals surface area contributed by atoms with Crippen LogP contribution in [0.4, 0.5) is 14.5 Å². The van der Waals surface area contributed by atoms with Crippen molar-refractivity contribution in [3.8, 4) is 0 Å². The Morgan fingerprint density at radius 1 is 1.28 bits per heavy atom. The number of nitrogens with zero attached hydrogens (tertiary/aromatic N) is 1. The molecule has 0 radical (unpaired) electrons. The van der Waals surface area contributed by atoms with Crippen molar-refractivity contribution in [1.29, 1.82) is 0 Å². The number of rotatable bonds is 2. The second-order valence-electron chi connectivity index (χ2n) is 4.51. The first-order valence-corrected chi connectivity index (χ1v) is 7.43. The first-order chi connectivity index (χ1) is 8.63. The summed E-state index contributed by atoms with van der Waals surface area (Å²) in [5, 5.41) is 4.18. The molecule has 1 heterocycles. The zero-order chi connectivity index (χ0) is 12.7. The number of anilines is 1. The number of amidine groups is 1. The van der Waals surface area contributed by atoms with Crippen molar-refractivity contribution >= 4 is 38.5 Å². The van der Waals surface area contributed by atoms with E-state index in [4.69, 9.17) is 0 Å². The van der Waals surface area contributed by atoms with E-state index in [1.54, 1.807) is 11.8 Å². The van der Waals surface area contributed by atoms with Crippen molar-refractivity contribution in [2.45, 2.75) is 18.1 Å². The van der Waals surface area contributed by atoms with Crippen molar-refractivity contribution < 1.29 is 8.78 Å². The van der Waals surface area contributed by atoms with Gasteiger partial charge in [-0.25, -0.2) is 8.78 Å². The zero-order valence-corrected chi connectivity index (χ0v) is 11.8. The summed E-state index contributed by atoms with van der Waals surface area (Å²) >= 11 is 4.70. The fourth-order valence-electron chi connectivity index (χ4n) is 1.91. The second-order valence-corrected chi connectivity index (χ2v) is 6.59. The smallest absolute Gasteiger partial charge is 0.161 e. The standard InChI is InChI=1S/C12H11BrF2N2S/c13-7-3-10(9(15)4-8(7)14)17-12-16-5-11(18-12)6-1-2-6/h3-4,6,11H,1-2,5H2,(H,16,17). The first-order valence-electron chi connectivity index (χ1n) is 5.76. The Kier molecular flexibility index (Phi) is 3.32.